The fraction of sp³-hybridized carbons (Fsp3) is 0.667. The van der Waals surface area contributed by atoms with E-state index in [1.165, 1.54) is 49.8 Å². The molecule has 2 rings (SSSR count). The van der Waals surface area contributed by atoms with E-state index in [2.05, 4.69) is 50.4 Å². The molecular weight excluding hydrogens is 230 g/mol. The molecule has 0 bridgehead atoms. The second-order valence-electron chi connectivity index (χ2n) is 6.51. The standard InChI is InChI=1S/C18H29N/c1-14-6-4-8-17(12-14)11-10-16(3)19-13-18-9-5-7-15(18)2/h4,6,8,12,15-16,18-19H,5,7,9-11,13H2,1-3H3. The first kappa shape index (κ1) is 14.6. The van der Waals surface area contributed by atoms with Crippen molar-refractivity contribution in [3.63, 3.8) is 0 Å². The maximum absolute atomic E-state index is 3.74. The van der Waals surface area contributed by atoms with Crippen LogP contribution >= 0.6 is 0 Å². The Morgan fingerprint density at radius 2 is 2.16 bits per heavy atom. The second kappa shape index (κ2) is 7.09. The molecule has 3 unspecified atom stereocenters. The zero-order valence-electron chi connectivity index (χ0n) is 12.8. The highest BCUT2D eigenvalue weighted by molar-refractivity contribution is 5.22. The molecule has 1 N–H and O–H groups in total. The Bertz CT molecular complexity index is 385. The fourth-order valence-electron chi connectivity index (χ4n) is 3.23. The van der Waals surface area contributed by atoms with E-state index in [0.717, 1.165) is 11.8 Å². The molecule has 1 fully saturated rings. The van der Waals surface area contributed by atoms with E-state index in [9.17, 15) is 0 Å². The molecule has 0 aromatic heterocycles. The largest absolute Gasteiger partial charge is 0.314 e. The van der Waals surface area contributed by atoms with E-state index in [1.807, 2.05) is 0 Å². The number of aryl methyl sites for hydroxylation is 2. The van der Waals surface area contributed by atoms with Gasteiger partial charge in [-0.05, 0) is 57.1 Å². The summed E-state index contributed by atoms with van der Waals surface area (Å²) in [6.45, 7) is 8.13. The van der Waals surface area contributed by atoms with E-state index in [0.29, 0.717) is 6.04 Å². The first-order chi connectivity index (χ1) is 9.15. The number of hydrogen-bond acceptors (Lipinski definition) is 1. The van der Waals surface area contributed by atoms with Gasteiger partial charge in [-0.3, -0.25) is 0 Å². The number of benzene rings is 1. The lowest BCUT2D eigenvalue weighted by atomic mass is 9.97. The summed E-state index contributed by atoms with van der Waals surface area (Å²) in [5, 5.41) is 3.74. The van der Waals surface area contributed by atoms with Gasteiger partial charge in [0.15, 0.2) is 0 Å². The van der Waals surface area contributed by atoms with Crippen molar-refractivity contribution in [2.75, 3.05) is 6.54 Å². The lowest BCUT2D eigenvalue weighted by Gasteiger charge is -2.20. The van der Waals surface area contributed by atoms with Gasteiger partial charge in [-0.25, -0.2) is 0 Å². The summed E-state index contributed by atoms with van der Waals surface area (Å²) in [4.78, 5) is 0. The summed E-state index contributed by atoms with van der Waals surface area (Å²) in [5.41, 5.74) is 2.85. The van der Waals surface area contributed by atoms with Crippen LogP contribution < -0.4 is 5.32 Å². The van der Waals surface area contributed by atoms with Crippen LogP contribution in [0.5, 0.6) is 0 Å². The minimum Gasteiger partial charge on any atom is -0.314 e. The Hall–Kier alpha value is -0.820. The average molecular weight is 259 g/mol. The van der Waals surface area contributed by atoms with Crippen LogP contribution in [0.1, 0.15) is 50.7 Å². The first-order valence-corrected chi connectivity index (χ1v) is 7.94. The molecule has 19 heavy (non-hydrogen) atoms. The maximum atomic E-state index is 3.74. The highest BCUT2D eigenvalue weighted by Crippen LogP contribution is 2.30. The number of hydrogen-bond donors (Lipinski definition) is 1. The molecule has 0 aliphatic heterocycles. The fourth-order valence-corrected chi connectivity index (χ4v) is 3.23. The van der Waals surface area contributed by atoms with E-state index in [-0.39, 0.29) is 0 Å². The molecule has 0 amide bonds. The summed E-state index contributed by atoms with van der Waals surface area (Å²) in [6.07, 6.45) is 6.73. The van der Waals surface area contributed by atoms with Crippen molar-refractivity contribution < 1.29 is 0 Å². The number of nitrogens with one attached hydrogen (secondary N) is 1. The van der Waals surface area contributed by atoms with Crippen molar-refractivity contribution >= 4 is 0 Å². The van der Waals surface area contributed by atoms with Crippen LogP contribution in [-0.4, -0.2) is 12.6 Å². The molecule has 1 saturated carbocycles. The summed E-state index contributed by atoms with van der Waals surface area (Å²) < 4.78 is 0. The Morgan fingerprint density at radius 3 is 2.84 bits per heavy atom. The molecule has 0 radical (unpaired) electrons. The average Bonchev–Trinajstić information content (AvgIpc) is 2.80. The molecule has 106 valence electrons. The SMILES string of the molecule is Cc1cccc(CCC(C)NCC2CCCC2C)c1. The smallest absolute Gasteiger partial charge is 0.00420 e. The highest BCUT2D eigenvalue weighted by Gasteiger charge is 2.23. The third-order valence-corrected chi connectivity index (χ3v) is 4.72. The van der Waals surface area contributed by atoms with Crippen molar-refractivity contribution in [3.05, 3.63) is 35.4 Å². The van der Waals surface area contributed by atoms with Crippen LogP contribution in [0, 0.1) is 18.8 Å². The zero-order chi connectivity index (χ0) is 13.7. The lowest BCUT2D eigenvalue weighted by Crippen LogP contribution is -2.32. The molecule has 1 aliphatic carbocycles. The van der Waals surface area contributed by atoms with Crippen LogP contribution in [0.3, 0.4) is 0 Å². The Labute approximate surface area is 118 Å². The summed E-state index contributed by atoms with van der Waals surface area (Å²) in [5.74, 6) is 1.85. The summed E-state index contributed by atoms with van der Waals surface area (Å²) in [6, 6.07) is 9.54. The van der Waals surface area contributed by atoms with Crippen molar-refractivity contribution in [3.8, 4) is 0 Å². The normalized spacial score (nSPS) is 24.6. The lowest BCUT2D eigenvalue weighted by molar-refractivity contribution is 0.366. The zero-order valence-corrected chi connectivity index (χ0v) is 12.8. The molecule has 1 aliphatic rings. The summed E-state index contributed by atoms with van der Waals surface area (Å²) in [7, 11) is 0. The van der Waals surface area contributed by atoms with Gasteiger partial charge in [-0.2, -0.15) is 0 Å². The first-order valence-electron chi connectivity index (χ1n) is 7.94. The van der Waals surface area contributed by atoms with Gasteiger partial charge in [0, 0.05) is 6.04 Å². The van der Waals surface area contributed by atoms with Gasteiger partial charge in [0.25, 0.3) is 0 Å². The van der Waals surface area contributed by atoms with Crippen molar-refractivity contribution in [2.45, 2.75) is 58.9 Å². The minimum atomic E-state index is 0.633. The molecule has 0 saturated heterocycles. The monoisotopic (exact) mass is 259 g/mol. The van der Waals surface area contributed by atoms with Crippen LogP contribution in [0.25, 0.3) is 0 Å². The predicted octanol–water partition coefficient (Wildman–Crippen LogP) is 4.34. The van der Waals surface area contributed by atoms with Gasteiger partial charge in [-0.1, -0.05) is 49.6 Å². The van der Waals surface area contributed by atoms with Gasteiger partial charge in [0.2, 0.25) is 0 Å². The Kier molecular flexibility index (Phi) is 5.45. The van der Waals surface area contributed by atoms with Gasteiger partial charge in [-0.15, -0.1) is 0 Å². The second-order valence-corrected chi connectivity index (χ2v) is 6.51. The van der Waals surface area contributed by atoms with Crippen LogP contribution in [0.4, 0.5) is 0 Å². The molecule has 1 aromatic carbocycles. The summed E-state index contributed by atoms with van der Waals surface area (Å²) >= 11 is 0. The molecule has 1 nitrogen and oxygen atoms in total. The van der Waals surface area contributed by atoms with E-state index in [1.54, 1.807) is 0 Å². The Balaban J connectivity index is 1.68. The highest BCUT2D eigenvalue weighted by atomic mass is 14.9. The van der Waals surface area contributed by atoms with Crippen LogP contribution in [0.15, 0.2) is 24.3 Å². The Morgan fingerprint density at radius 1 is 1.32 bits per heavy atom. The van der Waals surface area contributed by atoms with Gasteiger partial charge < -0.3 is 5.32 Å². The molecular formula is C18H29N. The third-order valence-electron chi connectivity index (χ3n) is 4.72. The minimum absolute atomic E-state index is 0.633. The molecule has 0 spiro atoms. The van der Waals surface area contributed by atoms with E-state index >= 15 is 0 Å². The van der Waals surface area contributed by atoms with Gasteiger partial charge >= 0.3 is 0 Å². The number of rotatable bonds is 6. The van der Waals surface area contributed by atoms with E-state index in [4.69, 9.17) is 0 Å². The van der Waals surface area contributed by atoms with E-state index < -0.39 is 0 Å². The predicted molar refractivity (Wildman–Crippen MR) is 83.5 cm³/mol. The van der Waals surface area contributed by atoms with Crippen LogP contribution in [-0.2, 0) is 6.42 Å². The third kappa shape index (κ3) is 4.65. The van der Waals surface area contributed by atoms with Crippen molar-refractivity contribution in [2.24, 2.45) is 11.8 Å². The van der Waals surface area contributed by atoms with Crippen LogP contribution in [0.2, 0.25) is 0 Å². The molecule has 1 heteroatoms. The molecule has 0 heterocycles. The van der Waals surface area contributed by atoms with Crippen molar-refractivity contribution in [1.29, 1.82) is 0 Å². The molecule has 1 aromatic rings. The molecule has 3 atom stereocenters. The maximum Gasteiger partial charge on any atom is 0.00420 e. The van der Waals surface area contributed by atoms with Gasteiger partial charge in [0.05, 0.1) is 0 Å². The quantitative estimate of drug-likeness (QED) is 0.801. The van der Waals surface area contributed by atoms with Crippen molar-refractivity contribution in [1.82, 2.24) is 5.32 Å². The topological polar surface area (TPSA) is 12.0 Å². The van der Waals surface area contributed by atoms with Gasteiger partial charge in [0.1, 0.15) is 0 Å².